The Morgan fingerprint density at radius 1 is 1.38 bits per heavy atom. The van der Waals surface area contributed by atoms with Gasteiger partial charge < -0.3 is 10.1 Å². The molecule has 1 unspecified atom stereocenters. The summed E-state index contributed by atoms with van der Waals surface area (Å²) < 4.78 is 1.50. The van der Waals surface area contributed by atoms with E-state index in [9.17, 15) is 14.4 Å². The van der Waals surface area contributed by atoms with E-state index in [2.05, 4.69) is 4.98 Å². The van der Waals surface area contributed by atoms with E-state index in [0.29, 0.717) is 17.0 Å². The lowest BCUT2D eigenvalue weighted by Crippen LogP contribution is -2.40. The second-order valence-electron chi connectivity index (χ2n) is 5.60. The van der Waals surface area contributed by atoms with E-state index in [1.54, 1.807) is 6.07 Å². The number of fused-ring (bicyclic) bond motifs is 1. The topological polar surface area (TPSA) is 92.2 Å². The number of carboxylic acid groups (broad SMARTS) is 1. The van der Waals surface area contributed by atoms with Crippen LogP contribution in [0.25, 0.3) is 11.0 Å². The number of nitrogens with one attached hydrogen (secondary N) is 1. The van der Waals surface area contributed by atoms with E-state index >= 15 is 0 Å². The molecular formula is C15H16N2O4. The SMILES string of the molecule is CC(C1CCC1)n1c(=O)c(=O)[nH]c2cc(C(=O)O)ccc21. The van der Waals surface area contributed by atoms with Crippen LogP contribution in [0.3, 0.4) is 0 Å². The van der Waals surface area contributed by atoms with Gasteiger partial charge in [-0.15, -0.1) is 0 Å². The Morgan fingerprint density at radius 3 is 2.67 bits per heavy atom. The van der Waals surface area contributed by atoms with Gasteiger partial charge in [-0.1, -0.05) is 6.42 Å². The summed E-state index contributed by atoms with van der Waals surface area (Å²) in [5, 5.41) is 9.02. The summed E-state index contributed by atoms with van der Waals surface area (Å²) in [6.45, 7) is 1.94. The summed E-state index contributed by atoms with van der Waals surface area (Å²) in [7, 11) is 0. The Kier molecular flexibility index (Phi) is 3.16. The highest BCUT2D eigenvalue weighted by molar-refractivity contribution is 5.92. The van der Waals surface area contributed by atoms with Gasteiger partial charge in [-0.2, -0.15) is 0 Å². The van der Waals surface area contributed by atoms with Crippen LogP contribution in [-0.4, -0.2) is 20.6 Å². The molecule has 2 N–H and O–H groups in total. The van der Waals surface area contributed by atoms with Crippen LogP contribution in [0.15, 0.2) is 27.8 Å². The first-order valence-corrected chi connectivity index (χ1v) is 7.01. The fraction of sp³-hybridized carbons (Fsp3) is 0.400. The molecule has 6 nitrogen and oxygen atoms in total. The Bertz CT molecular complexity index is 830. The van der Waals surface area contributed by atoms with Crippen LogP contribution in [0, 0.1) is 5.92 Å². The Labute approximate surface area is 120 Å². The maximum atomic E-state index is 12.2. The van der Waals surface area contributed by atoms with E-state index in [1.807, 2.05) is 6.92 Å². The molecular weight excluding hydrogens is 272 g/mol. The zero-order valence-corrected chi connectivity index (χ0v) is 11.6. The first-order chi connectivity index (χ1) is 9.99. The van der Waals surface area contributed by atoms with Crippen LogP contribution in [-0.2, 0) is 0 Å². The molecule has 1 aliphatic carbocycles. The monoisotopic (exact) mass is 288 g/mol. The van der Waals surface area contributed by atoms with Crippen molar-refractivity contribution < 1.29 is 9.90 Å². The summed E-state index contributed by atoms with van der Waals surface area (Å²) in [6.07, 6.45) is 3.25. The summed E-state index contributed by atoms with van der Waals surface area (Å²) in [6, 6.07) is 4.37. The predicted octanol–water partition coefficient (Wildman–Crippen LogP) is 1.75. The molecule has 1 fully saturated rings. The number of aromatic nitrogens is 2. The lowest BCUT2D eigenvalue weighted by molar-refractivity contribution is 0.0697. The van der Waals surface area contributed by atoms with Gasteiger partial charge in [0.05, 0.1) is 16.6 Å². The molecule has 0 amide bonds. The van der Waals surface area contributed by atoms with Gasteiger partial charge >= 0.3 is 17.1 Å². The van der Waals surface area contributed by atoms with Crippen molar-refractivity contribution in [2.45, 2.75) is 32.2 Å². The molecule has 0 aliphatic heterocycles. The molecule has 0 radical (unpaired) electrons. The molecule has 1 aromatic carbocycles. The summed E-state index contributed by atoms with van der Waals surface area (Å²) in [4.78, 5) is 37.5. The lowest BCUT2D eigenvalue weighted by atomic mass is 9.80. The molecule has 1 heterocycles. The second-order valence-corrected chi connectivity index (χ2v) is 5.60. The van der Waals surface area contributed by atoms with Gasteiger partial charge in [-0.3, -0.25) is 14.2 Å². The van der Waals surface area contributed by atoms with Crippen LogP contribution < -0.4 is 11.1 Å². The molecule has 1 atom stereocenters. The number of rotatable bonds is 3. The molecule has 2 aromatic rings. The highest BCUT2D eigenvalue weighted by Gasteiger charge is 2.27. The molecule has 6 heteroatoms. The van der Waals surface area contributed by atoms with Crippen molar-refractivity contribution in [2.75, 3.05) is 0 Å². The Balaban J connectivity index is 2.26. The van der Waals surface area contributed by atoms with Gasteiger partial charge in [0.1, 0.15) is 0 Å². The second kappa shape index (κ2) is 4.87. The third-order valence-electron chi connectivity index (χ3n) is 4.40. The van der Waals surface area contributed by atoms with Crippen LogP contribution >= 0.6 is 0 Å². The minimum Gasteiger partial charge on any atom is -0.478 e. The lowest BCUT2D eigenvalue weighted by Gasteiger charge is -2.33. The fourth-order valence-corrected chi connectivity index (χ4v) is 2.91. The highest BCUT2D eigenvalue weighted by Crippen LogP contribution is 2.36. The molecule has 110 valence electrons. The zero-order valence-electron chi connectivity index (χ0n) is 11.6. The summed E-state index contributed by atoms with van der Waals surface area (Å²) >= 11 is 0. The van der Waals surface area contributed by atoms with Crippen molar-refractivity contribution >= 4 is 17.0 Å². The number of hydrogen-bond acceptors (Lipinski definition) is 3. The van der Waals surface area contributed by atoms with Gasteiger partial charge in [-0.05, 0) is 43.9 Å². The van der Waals surface area contributed by atoms with Crippen molar-refractivity contribution in [3.63, 3.8) is 0 Å². The number of benzene rings is 1. The number of H-pyrrole nitrogens is 1. The quantitative estimate of drug-likeness (QED) is 0.842. The number of aromatic amines is 1. The van der Waals surface area contributed by atoms with Crippen LogP contribution in [0.5, 0.6) is 0 Å². The van der Waals surface area contributed by atoms with Crippen molar-refractivity contribution in [2.24, 2.45) is 5.92 Å². The molecule has 1 aromatic heterocycles. The largest absolute Gasteiger partial charge is 0.478 e. The molecule has 3 rings (SSSR count). The predicted molar refractivity (Wildman–Crippen MR) is 77.8 cm³/mol. The number of nitrogens with zero attached hydrogens (tertiary/aromatic N) is 1. The average Bonchev–Trinajstić information content (AvgIpc) is 2.37. The summed E-state index contributed by atoms with van der Waals surface area (Å²) in [5.74, 6) is -0.672. The Morgan fingerprint density at radius 2 is 2.10 bits per heavy atom. The van der Waals surface area contributed by atoms with Crippen LogP contribution in [0.1, 0.15) is 42.6 Å². The number of carbonyl (C=O) groups is 1. The van der Waals surface area contributed by atoms with Gasteiger partial charge in [-0.25, -0.2) is 4.79 Å². The maximum Gasteiger partial charge on any atom is 0.335 e. The van der Waals surface area contributed by atoms with E-state index in [0.717, 1.165) is 19.3 Å². The van der Waals surface area contributed by atoms with Crippen molar-refractivity contribution in [3.05, 3.63) is 44.5 Å². The summed E-state index contributed by atoms with van der Waals surface area (Å²) in [5.41, 5.74) is -0.254. The maximum absolute atomic E-state index is 12.2. The number of aromatic carboxylic acids is 1. The first-order valence-electron chi connectivity index (χ1n) is 7.01. The number of carboxylic acids is 1. The third kappa shape index (κ3) is 2.16. The first kappa shape index (κ1) is 13.6. The normalized spacial score (nSPS) is 16.6. The fourth-order valence-electron chi connectivity index (χ4n) is 2.91. The smallest absolute Gasteiger partial charge is 0.335 e. The number of hydrogen-bond donors (Lipinski definition) is 2. The van der Waals surface area contributed by atoms with Crippen molar-refractivity contribution in [1.29, 1.82) is 0 Å². The molecule has 0 spiro atoms. The van der Waals surface area contributed by atoms with Crippen LogP contribution in [0.4, 0.5) is 0 Å². The molecule has 0 bridgehead atoms. The molecule has 1 saturated carbocycles. The van der Waals surface area contributed by atoms with Crippen molar-refractivity contribution in [1.82, 2.24) is 9.55 Å². The van der Waals surface area contributed by atoms with E-state index in [4.69, 9.17) is 5.11 Å². The van der Waals surface area contributed by atoms with Gasteiger partial charge in [0.15, 0.2) is 0 Å². The van der Waals surface area contributed by atoms with Crippen LogP contribution in [0.2, 0.25) is 0 Å². The molecule has 21 heavy (non-hydrogen) atoms. The van der Waals surface area contributed by atoms with Gasteiger partial charge in [0, 0.05) is 6.04 Å². The highest BCUT2D eigenvalue weighted by atomic mass is 16.4. The van der Waals surface area contributed by atoms with Gasteiger partial charge in [0.25, 0.3) is 0 Å². The molecule has 0 saturated heterocycles. The standard InChI is InChI=1S/C15H16N2O4/c1-8(9-3-2-4-9)17-12-6-5-10(15(20)21)7-11(12)16-13(18)14(17)19/h5-9H,2-4H2,1H3,(H,16,18)(H,20,21). The van der Waals surface area contributed by atoms with Crippen molar-refractivity contribution in [3.8, 4) is 0 Å². The van der Waals surface area contributed by atoms with E-state index in [-0.39, 0.29) is 11.6 Å². The Hall–Kier alpha value is -2.37. The average molecular weight is 288 g/mol. The molecule has 1 aliphatic rings. The van der Waals surface area contributed by atoms with Gasteiger partial charge in [0.2, 0.25) is 0 Å². The minimum absolute atomic E-state index is 0.0632. The zero-order chi connectivity index (χ0) is 15.1. The third-order valence-corrected chi connectivity index (χ3v) is 4.40. The van der Waals surface area contributed by atoms with E-state index in [1.165, 1.54) is 16.7 Å². The van der Waals surface area contributed by atoms with E-state index < -0.39 is 17.1 Å². The minimum atomic E-state index is -1.07.